The fourth-order valence-corrected chi connectivity index (χ4v) is 1.98. The van der Waals surface area contributed by atoms with Crippen molar-refractivity contribution in [2.45, 2.75) is 27.3 Å². The third-order valence-corrected chi connectivity index (χ3v) is 3.37. The Kier molecular flexibility index (Phi) is 4.15. The molecule has 1 aromatic carbocycles. The van der Waals surface area contributed by atoms with Gasteiger partial charge in [0.15, 0.2) is 0 Å². The highest BCUT2D eigenvalue weighted by molar-refractivity contribution is 5.13. The Bertz CT molecular complexity index is 246. The van der Waals surface area contributed by atoms with Crippen LogP contribution in [0.5, 0.6) is 0 Å². The molecule has 1 heteroatoms. The smallest absolute Gasteiger partial charge is 0.104 e. The van der Waals surface area contributed by atoms with Crippen molar-refractivity contribution < 1.29 is 5.91 Å². The van der Waals surface area contributed by atoms with Gasteiger partial charge >= 0.3 is 0 Å². The molecule has 0 saturated heterocycles. The Morgan fingerprint density at radius 3 is 1.86 bits per heavy atom. The predicted octanol–water partition coefficient (Wildman–Crippen LogP) is 3.18. The summed E-state index contributed by atoms with van der Waals surface area (Å²) in [5.41, 5.74) is 1.46. The number of quaternary nitrogens is 1. The number of rotatable bonds is 5. The lowest BCUT2D eigenvalue weighted by Gasteiger charge is -2.35. The van der Waals surface area contributed by atoms with Gasteiger partial charge in [-0.15, -0.1) is 0 Å². The molecular weight excluding hydrogens is 170 g/mol. The highest BCUT2D eigenvalue weighted by atomic mass is 15.3. The highest BCUT2D eigenvalue weighted by Crippen LogP contribution is 2.13. The van der Waals surface area contributed by atoms with Gasteiger partial charge in [0.2, 0.25) is 0 Å². The van der Waals surface area contributed by atoms with Crippen molar-refractivity contribution in [1.82, 2.24) is 0 Å². The SMILES string of the molecule is CC[N+](CC)(CC)Cc1ccccc1.[H-]. The first-order valence-electron chi connectivity index (χ1n) is 5.65. The second kappa shape index (κ2) is 5.16. The van der Waals surface area contributed by atoms with Crippen molar-refractivity contribution in [2.75, 3.05) is 19.6 Å². The van der Waals surface area contributed by atoms with Crippen molar-refractivity contribution in [3.63, 3.8) is 0 Å². The van der Waals surface area contributed by atoms with Crippen LogP contribution in [0.2, 0.25) is 0 Å². The summed E-state index contributed by atoms with van der Waals surface area (Å²) >= 11 is 0. The van der Waals surface area contributed by atoms with Crippen LogP contribution in [0, 0.1) is 0 Å². The summed E-state index contributed by atoms with van der Waals surface area (Å²) in [6.45, 7) is 11.7. The minimum absolute atomic E-state index is 0. The van der Waals surface area contributed by atoms with E-state index in [1.165, 1.54) is 36.2 Å². The van der Waals surface area contributed by atoms with Gasteiger partial charge < -0.3 is 5.91 Å². The van der Waals surface area contributed by atoms with Gasteiger partial charge in [0.1, 0.15) is 6.54 Å². The van der Waals surface area contributed by atoms with Crippen molar-refractivity contribution in [2.24, 2.45) is 0 Å². The molecule has 0 heterocycles. The van der Waals surface area contributed by atoms with Crippen LogP contribution in [0.25, 0.3) is 0 Å². The van der Waals surface area contributed by atoms with E-state index in [-0.39, 0.29) is 1.43 Å². The second-order valence-electron chi connectivity index (χ2n) is 3.93. The third kappa shape index (κ3) is 2.58. The molecule has 0 aliphatic heterocycles. The van der Waals surface area contributed by atoms with Crippen LogP contribution < -0.4 is 0 Å². The predicted molar refractivity (Wildman–Crippen MR) is 63.1 cm³/mol. The largest absolute Gasteiger partial charge is 1.00 e. The molecule has 0 bridgehead atoms. The topological polar surface area (TPSA) is 0 Å². The van der Waals surface area contributed by atoms with Gasteiger partial charge in [0, 0.05) is 5.56 Å². The summed E-state index contributed by atoms with van der Waals surface area (Å²) < 4.78 is 1.20. The summed E-state index contributed by atoms with van der Waals surface area (Å²) in [6, 6.07) is 10.8. The standard InChI is InChI=1S/C13H22N.H/c1-4-14(5-2,6-3)12-13-10-8-7-9-11-13;/h7-11H,4-6,12H2,1-3H3;/q+1;-1. The Morgan fingerprint density at radius 1 is 0.929 bits per heavy atom. The van der Waals surface area contributed by atoms with Crippen LogP contribution in [0.4, 0.5) is 0 Å². The molecule has 80 valence electrons. The van der Waals surface area contributed by atoms with E-state index in [9.17, 15) is 0 Å². The first kappa shape index (κ1) is 11.3. The number of nitrogens with zero attached hydrogens (tertiary/aromatic N) is 1. The molecule has 1 rings (SSSR count). The molecule has 1 nitrogen and oxygen atoms in total. The average Bonchev–Trinajstić information content (AvgIpc) is 2.28. The maximum Gasteiger partial charge on any atom is 0.104 e. The molecule has 0 atom stereocenters. The van der Waals surface area contributed by atoms with Gasteiger partial charge in [-0.2, -0.15) is 0 Å². The third-order valence-electron chi connectivity index (χ3n) is 3.37. The minimum atomic E-state index is 0. The Balaban J connectivity index is 0.00000196. The first-order valence-corrected chi connectivity index (χ1v) is 5.65. The lowest BCUT2D eigenvalue weighted by molar-refractivity contribution is -0.936. The van der Waals surface area contributed by atoms with E-state index in [0.29, 0.717) is 0 Å². The van der Waals surface area contributed by atoms with Gasteiger partial charge in [-0.1, -0.05) is 30.3 Å². The Hall–Kier alpha value is -0.820. The van der Waals surface area contributed by atoms with Crippen LogP contribution in [0.15, 0.2) is 30.3 Å². The molecule has 14 heavy (non-hydrogen) atoms. The molecule has 0 aromatic heterocycles. The maximum atomic E-state index is 2.29. The molecule has 0 fully saturated rings. The molecule has 0 unspecified atom stereocenters. The van der Waals surface area contributed by atoms with Crippen LogP contribution >= 0.6 is 0 Å². The van der Waals surface area contributed by atoms with Crippen LogP contribution in [0.1, 0.15) is 27.8 Å². The normalized spacial score (nSPS) is 11.6. The molecule has 0 spiro atoms. The number of hydrogen-bond donors (Lipinski definition) is 0. The average molecular weight is 193 g/mol. The van der Waals surface area contributed by atoms with Gasteiger partial charge in [-0.05, 0) is 20.8 Å². The zero-order chi connectivity index (χ0) is 10.4. The maximum absolute atomic E-state index is 2.29. The second-order valence-corrected chi connectivity index (χ2v) is 3.93. The monoisotopic (exact) mass is 193 g/mol. The summed E-state index contributed by atoms with van der Waals surface area (Å²) in [4.78, 5) is 0. The molecule has 0 saturated carbocycles. The molecule has 0 amide bonds. The van der Waals surface area contributed by atoms with Gasteiger partial charge in [-0.25, -0.2) is 0 Å². The minimum Gasteiger partial charge on any atom is -1.00 e. The van der Waals surface area contributed by atoms with Gasteiger partial charge in [-0.3, -0.25) is 0 Å². The first-order chi connectivity index (χ1) is 6.76. The van der Waals surface area contributed by atoms with Gasteiger partial charge in [0.05, 0.1) is 19.6 Å². The fraction of sp³-hybridized carbons (Fsp3) is 0.538. The number of benzene rings is 1. The lowest BCUT2D eigenvalue weighted by atomic mass is 10.2. The zero-order valence-electron chi connectivity index (χ0n) is 10.7. The quantitative estimate of drug-likeness (QED) is 0.630. The van der Waals surface area contributed by atoms with Crippen LogP contribution in [-0.4, -0.2) is 24.1 Å². The Labute approximate surface area is 89.4 Å². The fourth-order valence-electron chi connectivity index (χ4n) is 1.98. The summed E-state index contributed by atoms with van der Waals surface area (Å²) in [5.74, 6) is 0. The molecule has 0 radical (unpaired) electrons. The van der Waals surface area contributed by atoms with E-state index in [1.807, 2.05) is 0 Å². The molecule has 1 aromatic rings. The highest BCUT2D eigenvalue weighted by Gasteiger charge is 2.20. The van der Waals surface area contributed by atoms with Crippen molar-refractivity contribution in [1.29, 1.82) is 0 Å². The van der Waals surface area contributed by atoms with Crippen molar-refractivity contribution in [3.05, 3.63) is 35.9 Å². The van der Waals surface area contributed by atoms with E-state index in [2.05, 4.69) is 51.1 Å². The summed E-state index contributed by atoms with van der Waals surface area (Å²) in [5, 5.41) is 0. The Morgan fingerprint density at radius 2 is 1.43 bits per heavy atom. The van der Waals surface area contributed by atoms with Crippen molar-refractivity contribution in [3.8, 4) is 0 Å². The summed E-state index contributed by atoms with van der Waals surface area (Å²) in [7, 11) is 0. The molecule has 0 aliphatic rings. The van der Waals surface area contributed by atoms with E-state index < -0.39 is 0 Å². The van der Waals surface area contributed by atoms with Crippen LogP contribution in [-0.2, 0) is 6.54 Å². The van der Waals surface area contributed by atoms with E-state index in [4.69, 9.17) is 0 Å². The van der Waals surface area contributed by atoms with Crippen molar-refractivity contribution >= 4 is 0 Å². The van der Waals surface area contributed by atoms with E-state index >= 15 is 0 Å². The van der Waals surface area contributed by atoms with E-state index in [1.54, 1.807) is 0 Å². The molecular formula is C13H23N. The molecule has 0 N–H and O–H groups in total. The number of hydrogen-bond acceptors (Lipinski definition) is 0. The van der Waals surface area contributed by atoms with Crippen LogP contribution in [0.3, 0.4) is 0 Å². The molecule has 0 aliphatic carbocycles. The zero-order valence-corrected chi connectivity index (χ0v) is 9.66. The van der Waals surface area contributed by atoms with Gasteiger partial charge in [0.25, 0.3) is 0 Å². The lowest BCUT2D eigenvalue weighted by Crippen LogP contribution is -2.46. The summed E-state index contributed by atoms with van der Waals surface area (Å²) in [6.07, 6.45) is 0. The van der Waals surface area contributed by atoms with E-state index in [0.717, 1.165) is 0 Å².